The SMILES string of the molecule is COC(=O)c1ccc(NCC(C)(C)CCC#N)cc1. The highest BCUT2D eigenvalue weighted by molar-refractivity contribution is 5.89. The van der Waals surface area contributed by atoms with Gasteiger partial charge in [-0.15, -0.1) is 0 Å². The molecular formula is C15H20N2O2. The second-order valence-electron chi connectivity index (χ2n) is 5.24. The highest BCUT2D eigenvalue weighted by Crippen LogP contribution is 2.23. The lowest BCUT2D eigenvalue weighted by molar-refractivity contribution is 0.0601. The Morgan fingerprint density at radius 2 is 2.00 bits per heavy atom. The van der Waals surface area contributed by atoms with Crippen molar-refractivity contribution in [2.24, 2.45) is 5.41 Å². The van der Waals surface area contributed by atoms with E-state index in [-0.39, 0.29) is 11.4 Å². The fraction of sp³-hybridized carbons (Fsp3) is 0.467. The minimum Gasteiger partial charge on any atom is -0.465 e. The molecule has 0 saturated heterocycles. The summed E-state index contributed by atoms with van der Waals surface area (Å²) in [5.41, 5.74) is 1.56. The van der Waals surface area contributed by atoms with Crippen LogP contribution in [0.3, 0.4) is 0 Å². The molecule has 19 heavy (non-hydrogen) atoms. The second-order valence-corrected chi connectivity index (χ2v) is 5.24. The van der Waals surface area contributed by atoms with Gasteiger partial charge in [0.2, 0.25) is 0 Å². The van der Waals surface area contributed by atoms with Crippen LogP contribution >= 0.6 is 0 Å². The lowest BCUT2D eigenvalue weighted by Gasteiger charge is -2.24. The molecule has 0 amide bonds. The molecule has 0 bridgehead atoms. The number of methoxy groups -OCH3 is 1. The van der Waals surface area contributed by atoms with Gasteiger partial charge in [-0.2, -0.15) is 5.26 Å². The van der Waals surface area contributed by atoms with Crippen LogP contribution in [0.5, 0.6) is 0 Å². The summed E-state index contributed by atoms with van der Waals surface area (Å²) in [5, 5.41) is 11.9. The number of benzene rings is 1. The molecule has 0 radical (unpaired) electrons. The largest absolute Gasteiger partial charge is 0.465 e. The molecule has 0 unspecified atom stereocenters. The molecule has 0 aliphatic rings. The number of carbonyl (C=O) groups excluding carboxylic acids is 1. The number of nitrogens with one attached hydrogen (secondary N) is 1. The summed E-state index contributed by atoms with van der Waals surface area (Å²) in [4.78, 5) is 11.3. The van der Waals surface area contributed by atoms with Gasteiger partial charge in [0, 0.05) is 18.7 Å². The van der Waals surface area contributed by atoms with Crippen LogP contribution in [0.25, 0.3) is 0 Å². The Labute approximate surface area is 114 Å². The standard InChI is InChI=1S/C15H20N2O2/c1-15(2,9-4-10-16)11-17-13-7-5-12(6-8-13)14(18)19-3/h5-8,17H,4,9,11H2,1-3H3. The first-order chi connectivity index (χ1) is 8.98. The lowest BCUT2D eigenvalue weighted by Crippen LogP contribution is -2.22. The first-order valence-electron chi connectivity index (χ1n) is 6.28. The maximum atomic E-state index is 11.3. The van der Waals surface area contributed by atoms with Crippen LogP contribution in [-0.4, -0.2) is 19.6 Å². The molecule has 102 valence electrons. The summed E-state index contributed by atoms with van der Waals surface area (Å²) < 4.78 is 4.64. The molecular weight excluding hydrogens is 240 g/mol. The molecule has 4 heteroatoms. The average molecular weight is 260 g/mol. The highest BCUT2D eigenvalue weighted by atomic mass is 16.5. The number of anilines is 1. The van der Waals surface area contributed by atoms with Crippen molar-refractivity contribution in [1.29, 1.82) is 5.26 Å². The lowest BCUT2D eigenvalue weighted by atomic mass is 9.88. The maximum absolute atomic E-state index is 11.3. The summed E-state index contributed by atoms with van der Waals surface area (Å²) in [6, 6.07) is 9.34. The van der Waals surface area contributed by atoms with Crippen molar-refractivity contribution in [2.75, 3.05) is 19.0 Å². The van der Waals surface area contributed by atoms with Gasteiger partial charge in [-0.3, -0.25) is 0 Å². The van der Waals surface area contributed by atoms with E-state index in [0.29, 0.717) is 12.0 Å². The number of ether oxygens (including phenoxy) is 1. The van der Waals surface area contributed by atoms with Gasteiger partial charge in [-0.05, 0) is 36.1 Å². The van der Waals surface area contributed by atoms with E-state index in [1.165, 1.54) is 7.11 Å². The van der Waals surface area contributed by atoms with E-state index in [1.807, 2.05) is 12.1 Å². The number of hydrogen-bond acceptors (Lipinski definition) is 4. The van der Waals surface area contributed by atoms with Crippen molar-refractivity contribution in [3.05, 3.63) is 29.8 Å². The zero-order chi connectivity index (χ0) is 14.3. The van der Waals surface area contributed by atoms with Crippen molar-refractivity contribution in [3.8, 4) is 6.07 Å². The molecule has 0 aromatic heterocycles. The zero-order valence-electron chi connectivity index (χ0n) is 11.7. The molecule has 0 aliphatic carbocycles. The Morgan fingerprint density at radius 3 is 2.53 bits per heavy atom. The molecule has 0 aliphatic heterocycles. The number of nitrogens with zero attached hydrogens (tertiary/aromatic N) is 1. The van der Waals surface area contributed by atoms with Crippen LogP contribution in [0.2, 0.25) is 0 Å². The Kier molecular flexibility index (Phi) is 5.37. The van der Waals surface area contributed by atoms with E-state index in [0.717, 1.165) is 18.7 Å². The third-order valence-corrected chi connectivity index (χ3v) is 2.99. The Balaban J connectivity index is 2.54. The molecule has 0 spiro atoms. The Bertz CT molecular complexity index is 458. The monoisotopic (exact) mass is 260 g/mol. The summed E-state index contributed by atoms with van der Waals surface area (Å²) in [5.74, 6) is -0.332. The van der Waals surface area contributed by atoms with Crippen LogP contribution < -0.4 is 5.32 Å². The molecule has 1 rings (SSSR count). The topological polar surface area (TPSA) is 62.1 Å². The van der Waals surface area contributed by atoms with E-state index < -0.39 is 0 Å². The summed E-state index contributed by atoms with van der Waals surface area (Å²) in [7, 11) is 1.37. The second kappa shape index (κ2) is 6.79. The molecule has 0 saturated carbocycles. The Hall–Kier alpha value is -2.02. The first kappa shape index (κ1) is 15.0. The summed E-state index contributed by atoms with van der Waals surface area (Å²) in [6.45, 7) is 5.03. The van der Waals surface area contributed by atoms with Crippen molar-refractivity contribution in [2.45, 2.75) is 26.7 Å². The van der Waals surface area contributed by atoms with Crippen molar-refractivity contribution in [1.82, 2.24) is 0 Å². The van der Waals surface area contributed by atoms with Crippen LogP contribution in [-0.2, 0) is 4.74 Å². The van der Waals surface area contributed by atoms with E-state index >= 15 is 0 Å². The van der Waals surface area contributed by atoms with Gasteiger partial charge >= 0.3 is 5.97 Å². The molecule has 0 fully saturated rings. The van der Waals surface area contributed by atoms with Crippen molar-refractivity contribution < 1.29 is 9.53 Å². The van der Waals surface area contributed by atoms with Crippen molar-refractivity contribution in [3.63, 3.8) is 0 Å². The van der Waals surface area contributed by atoms with Gasteiger partial charge in [-0.25, -0.2) is 4.79 Å². The third kappa shape index (κ3) is 5.01. The van der Waals surface area contributed by atoms with Crippen LogP contribution in [0.1, 0.15) is 37.0 Å². The molecule has 1 aromatic carbocycles. The van der Waals surface area contributed by atoms with E-state index in [4.69, 9.17) is 5.26 Å². The molecule has 1 aromatic rings. The molecule has 0 heterocycles. The van der Waals surface area contributed by atoms with E-state index in [1.54, 1.807) is 12.1 Å². The summed E-state index contributed by atoms with van der Waals surface area (Å²) in [6.07, 6.45) is 1.42. The predicted octanol–water partition coefficient (Wildman–Crippen LogP) is 3.22. The van der Waals surface area contributed by atoms with Gasteiger partial charge in [0.1, 0.15) is 0 Å². The minimum absolute atomic E-state index is 0.0662. The molecule has 1 N–H and O–H groups in total. The summed E-state index contributed by atoms with van der Waals surface area (Å²) >= 11 is 0. The molecule has 4 nitrogen and oxygen atoms in total. The van der Waals surface area contributed by atoms with Gasteiger partial charge in [0.25, 0.3) is 0 Å². The third-order valence-electron chi connectivity index (χ3n) is 2.99. The fourth-order valence-corrected chi connectivity index (χ4v) is 1.67. The number of carbonyl (C=O) groups is 1. The van der Waals surface area contributed by atoms with Crippen LogP contribution in [0.4, 0.5) is 5.69 Å². The first-order valence-corrected chi connectivity index (χ1v) is 6.28. The number of nitriles is 1. The maximum Gasteiger partial charge on any atom is 0.337 e. The van der Waals surface area contributed by atoms with Gasteiger partial charge in [-0.1, -0.05) is 13.8 Å². The average Bonchev–Trinajstić information content (AvgIpc) is 2.43. The normalized spacial score (nSPS) is 10.6. The number of rotatable bonds is 6. The Morgan fingerprint density at radius 1 is 1.37 bits per heavy atom. The van der Waals surface area contributed by atoms with E-state index in [9.17, 15) is 4.79 Å². The quantitative estimate of drug-likeness (QED) is 0.798. The highest BCUT2D eigenvalue weighted by Gasteiger charge is 2.17. The van der Waals surface area contributed by atoms with Gasteiger partial charge in [0.05, 0.1) is 18.7 Å². The predicted molar refractivity (Wildman–Crippen MR) is 74.9 cm³/mol. The van der Waals surface area contributed by atoms with Gasteiger partial charge in [0.15, 0.2) is 0 Å². The number of esters is 1. The zero-order valence-corrected chi connectivity index (χ0v) is 11.7. The minimum atomic E-state index is -0.332. The van der Waals surface area contributed by atoms with E-state index in [2.05, 4.69) is 30.0 Å². The van der Waals surface area contributed by atoms with Gasteiger partial charge < -0.3 is 10.1 Å². The number of hydrogen-bond donors (Lipinski definition) is 1. The molecule has 0 atom stereocenters. The smallest absolute Gasteiger partial charge is 0.337 e. The fourth-order valence-electron chi connectivity index (χ4n) is 1.67. The van der Waals surface area contributed by atoms with Crippen LogP contribution in [0, 0.1) is 16.7 Å². The van der Waals surface area contributed by atoms with Crippen LogP contribution in [0.15, 0.2) is 24.3 Å². The van der Waals surface area contributed by atoms with Crippen molar-refractivity contribution >= 4 is 11.7 Å².